The summed E-state index contributed by atoms with van der Waals surface area (Å²) in [5.74, 6) is -0.532. The molecular formula is C19H22N2O4. The second-order valence-corrected chi connectivity index (χ2v) is 6.40. The molecule has 0 saturated carbocycles. The number of ether oxygens (including phenoxy) is 1. The van der Waals surface area contributed by atoms with Gasteiger partial charge in [-0.05, 0) is 56.4 Å². The zero-order valence-corrected chi connectivity index (χ0v) is 15.2. The molecule has 1 aliphatic rings. The molecule has 6 heteroatoms. The van der Waals surface area contributed by atoms with Crippen molar-refractivity contribution in [2.24, 2.45) is 0 Å². The molecule has 0 unspecified atom stereocenters. The van der Waals surface area contributed by atoms with E-state index in [-0.39, 0.29) is 24.0 Å². The molecule has 0 saturated heterocycles. The summed E-state index contributed by atoms with van der Waals surface area (Å²) in [6, 6.07) is 1.90. The second-order valence-electron chi connectivity index (χ2n) is 6.40. The van der Waals surface area contributed by atoms with E-state index in [0.29, 0.717) is 24.1 Å². The molecule has 2 aromatic heterocycles. The fourth-order valence-corrected chi connectivity index (χ4v) is 3.69. The van der Waals surface area contributed by atoms with Crippen molar-refractivity contribution < 1.29 is 14.3 Å². The number of aromatic nitrogens is 2. The summed E-state index contributed by atoms with van der Waals surface area (Å²) in [5.41, 5.74) is 5.34. The molecule has 1 aliphatic heterocycles. The van der Waals surface area contributed by atoms with Crippen LogP contribution >= 0.6 is 0 Å². The first-order valence-corrected chi connectivity index (χ1v) is 8.41. The van der Waals surface area contributed by atoms with Crippen molar-refractivity contribution in [1.82, 2.24) is 8.97 Å². The molecule has 0 N–H and O–H groups in total. The van der Waals surface area contributed by atoms with Crippen molar-refractivity contribution in [1.29, 1.82) is 0 Å². The van der Waals surface area contributed by atoms with Crippen LogP contribution in [-0.4, -0.2) is 28.0 Å². The topological polar surface area (TPSA) is 69.8 Å². The van der Waals surface area contributed by atoms with Crippen LogP contribution in [-0.2, 0) is 16.0 Å². The number of rotatable bonds is 4. The zero-order valence-electron chi connectivity index (χ0n) is 15.2. The maximum atomic E-state index is 13.0. The van der Waals surface area contributed by atoms with E-state index in [9.17, 15) is 14.4 Å². The number of methoxy groups -OCH3 is 1. The summed E-state index contributed by atoms with van der Waals surface area (Å²) < 4.78 is 7.57. The van der Waals surface area contributed by atoms with Crippen LogP contribution in [0.25, 0.3) is 11.1 Å². The van der Waals surface area contributed by atoms with Crippen LogP contribution < -0.4 is 5.69 Å². The van der Waals surface area contributed by atoms with Gasteiger partial charge in [0.15, 0.2) is 0 Å². The van der Waals surface area contributed by atoms with E-state index in [1.54, 1.807) is 11.3 Å². The molecular weight excluding hydrogens is 320 g/mol. The Kier molecular flexibility index (Phi) is 4.14. The largest absolute Gasteiger partial charge is 0.469 e. The van der Waals surface area contributed by atoms with Crippen LogP contribution in [0, 0.1) is 13.8 Å². The Balaban J connectivity index is 2.29. The van der Waals surface area contributed by atoms with Gasteiger partial charge in [0.05, 0.1) is 18.3 Å². The quantitative estimate of drug-likeness (QED) is 0.801. The number of fused-ring (bicyclic) bond motifs is 2. The molecule has 3 rings (SSSR count). The normalized spacial score (nSPS) is 13.7. The summed E-state index contributed by atoms with van der Waals surface area (Å²) >= 11 is 0. The molecule has 0 bridgehead atoms. The van der Waals surface area contributed by atoms with Crippen LogP contribution in [0.2, 0.25) is 0 Å². The van der Waals surface area contributed by atoms with Gasteiger partial charge in [0.25, 0.3) is 5.91 Å². The monoisotopic (exact) mass is 342 g/mol. The molecule has 3 heterocycles. The van der Waals surface area contributed by atoms with Gasteiger partial charge in [-0.2, -0.15) is 0 Å². The Morgan fingerprint density at radius 3 is 2.48 bits per heavy atom. The van der Waals surface area contributed by atoms with Gasteiger partial charge in [-0.1, -0.05) is 6.92 Å². The first-order valence-electron chi connectivity index (χ1n) is 8.41. The van der Waals surface area contributed by atoms with Gasteiger partial charge in [-0.3, -0.25) is 14.0 Å². The first-order chi connectivity index (χ1) is 11.8. The third-order valence-electron chi connectivity index (χ3n) is 5.22. The van der Waals surface area contributed by atoms with Gasteiger partial charge in [-0.25, -0.2) is 9.36 Å². The molecule has 0 amide bonds. The van der Waals surface area contributed by atoms with Crippen LogP contribution in [0.5, 0.6) is 0 Å². The van der Waals surface area contributed by atoms with Crippen molar-refractivity contribution in [3.05, 3.63) is 44.6 Å². The highest BCUT2D eigenvalue weighted by atomic mass is 16.5. The number of nitrogens with zero attached hydrogens (tertiary/aromatic N) is 2. The molecule has 0 radical (unpaired) electrons. The maximum absolute atomic E-state index is 13.0. The van der Waals surface area contributed by atoms with Crippen molar-refractivity contribution in [2.75, 3.05) is 7.11 Å². The predicted molar refractivity (Wildman–Crippen MR) is 95.0 cm³/mol. The number of allylic oxidation sites excluding steroid dienone is 2. The molecule has 0 aromatic carbocycles. The van der Waals surface area contributed by atoms with Crippen LogP contribution in [0.1, 0.15) is 54.0 Å². The third kappa shape index (κ3) is 2.35. The van der Waals surface area contributed by atoms with Crippen molar-refractivity contribution in [3.8, 4) is 0 Å². The molecule has 0 atom stereocenters. The Morgan fingerprint density at radius 1 is 1.20 bits per heavy atom. The van der Waals surface area contributed by atoms with E-state index >= 15 is 0 Å². The van der Waals surface area contributed by atoms with Crippen LogP contribution in [0.4, 0.5) is 0 Å². The van der Waals surface area contributed by atoms with Crippen LogP contribution in [0.15, 0.2) is 16.4 Å². The lowest BCUT2D eigenvalue weighted by molar-refractivity contribution is -0.140. The van der Waals surface area contributed by atoms with Gasteiger partial charge in [-0.15, -0.1) is 0 Å². The fourth-order valence-electron chi connectivity index (χ4n) is 3.69. The van der Waals surface area contributed by atoms with Crippen molar-refractivity contribution in [3.63, 3.8) is 0 Å². The van der Waals surface area contributed by atoms with E-state index in [0.717, 1.165) is 27.9 Å². The molecule has 0 fully saturated rings. The number of hydrogen-bond donors (Lipinski definition) is 0. The number of carbonyl (C=O) groups excluding carboxylic acids is 2. The summed E-state index contributed by atoms with van der Waals surface area (Å²) in [4.78, 5) is 37.1. The number of hydrogen-bond acceptors (Lipinski definition) is 4. The minimum atomic E-state index is -0.342. The Hall–Kier alpha value is -2.63. The number of esters is 1. The minimum absolute atomic E-state index is 0.249. The average molecular weight is 342 g/mol. The zero-order chi connectivity index (χ0) is 18.5. The molecule has 0 spiro atoms. The van der Waals surface area contributed by atoms with Crippen molar-refractivity contribution >= 4 is 23.0 Å². The standard InChI is InChI=1S/C19H22N2O4/c1-6-13-11(3)18(23)21-15(13)9-16-14(7-8-17(22)25-5)10(2)12(4)20(16)19(21)24/h9H,6-8H2,1-5H3. The molecule has 132 valence electrons. The van der Waals surface area contributed by atoms with E-state index in [1.807, 2.05) is 26.8 Å². The highest BCUT2D eigenvalue weighted by Gasteiger charge is 2.29. The van der Waals surface area contributed by atoms with Crippen LogP contribution in [0.3, 0.4) is 0 Å². The predicted octanol–water partition coefficient (Wildman–Crippen LogP) is 2.66. The third-order valence-corrected chi connectivity index (χ3v) is 5.22. The number of carbonyl (C=O) groups is 2. The lowest BCUT2D eigenvalue weighted by atomic mass is 10.0. The van der Waals surface area contributed by atoms with Gasteiger partial charge < -0.3 is 4.74 Å². The Morgan fingerprint density at radius 2 is 1.88 bits per heavy atom. The van der Waals surface area contributed by atoms with E-state index in [2.05, 4.69) is 0 Å². The summed E-state index contributed by atoms with van der Waals surface area (Å²) in [5, 5.41) is 0. The molecule has 2 aromatic rings. The lowest BCUT2D eigenvalue weighted by Gasteiger charge is -2.08. The van der Waals surface area contributed by atoms with E-state index < -0.39 is 0 Å². The van der Waals surface area contributed by atoms with E-state index in [4.69, 9.17) is 4.74 Å². The minimum Gasteiger partial charge on any atom is -0.469 e. The fraction of sp³-hybridized carbons (Fsp3) is 0.421. The first kappa shape index (κ1) is 17.2. The molecule has 0 aliphatic carbocycles. The summed E-state index contributed by atoms with van der Waals surface area (Å²) in [6.07, 6.45) is 1.43. The second kappa shape index (κ2) is 6.02. The van der Waals surface area contributed by atoms with Gasteiger partial charge in [0, 0.05) is 17.7 Å². The molecule has 6 nitrogen and oxygen atoms in total. The summed E-state index contributed by atoms with van der Waals surface area (Å²) in [7, 11) is 1.37. The van der Waals surface area contributed by atoms with Gasteiger partial charge in [0.1, 0.15) is 0 Å². The average Bonchev–Trinajstić information content (AvgIpc) is 2.98. The smallest absolute Gasteiger partial charge is 0.340 e. The lowest BCUT2D eigenvalue weighted by Crippen LogP contribution is -2.31. The van der Waals surface area contributed by atoms with Gasteiger partial charge >= 0.3 is 11.7 Å². The Labute approximate surface area is 145 Å². The van der Waals surface area contributed by atoms with Gasteiger partial charge in [0.2, 0.25) is 0 Å². The Bertz CT molecular complexity index is 1000. The highest BCUT2D eigenvalue weighted by molar-refractivity contribution is 6.08. The maximum Gasteiger partial charge on any atom is 0.340 e. The van der Waals surface area contributed by atoms with Crippen molar-refractivity contribution in [2.45, 2.75) is 47.0 Å². The highest BCUT2D eigenvalue weighted by Crippen LogP contribution is 2.32. The molecule has 25 heavy (non-hydrogen) atoms. The van der Waals surface area contributed by atoms with E-state index in [1.165, 1.54) is 11.7 Å². The summed E-state index contributed by atoms with van der Waals surface area (Å²) in [6.45, 7) is 7.54. The SMILES string of the molecule is CCC1=C(C)C(=O)n2c1cc1c(CCC(=O)OC)c(C)c(C)n1c2=O. The number of aryl methyl sites for hydroxylation is 2.